The summed E-state index contributed by atoms with van der Waals surface area (Å²) in [6, 6.07) is -10.9. The van der Waals surface area contributed by atoms with Crippen LogP contribution in [0, 0.1) is 23.7 Å². The van der Waals surface area contributed by atoms with Gasteiger partial charge >= 0.3 is 11.9 Å². The molecule has 4 rings (SSSR count). The Bertz CT molecular complexity index is 3160. The van der Waals surface area contributed by atoms with Crippen molar-refractivity contribution in [2.75, 3.05) is 18.8 Å². The first kappa shape index (κ1) is 82.5. The van der Waals surface area contributed by atoms with Crippen molar-refractivity contribution < 1.29 is 77.3 Å². The van der Waals surface area contributed by atoms with Crippen LogP contribution in [-0.2, 0) is 80.0 Å². The highest BCUT2D eigenvalue weighted by Crippen LogP contribution is 2.25. The molecule has 3 heterocycles. The van der Waals surface area contributed by atoms with Crippen LogP contribution in [0.3, 0.4) is 0 Å². The predicted molar refractivity (Wildman–Crippen MR) is 364 cm³/mol. The molecular weight excluding hydrogens is 1310 g/mol. The van der Waals surface area contributed by atoms with Crippen LogP contribution in [0.5, 0.6) is 0 Å². The quantitative estimate of drug-likeness (QED) is 0.0344. The average Bonchev–Trinajstić information content (AvgIpc) is 0.904. The molecule has 0 bridgehead atoms. The number of aliphatic carboxylic acids is 2. The van der Waals surface area contributed by atoms with Crippen molar-refractivity contribution >= 4 is 99.6 Å². The lowest BCUT2D eigenvalue weighted by Crippen LogP contribution is -2.65. The van der Waals surface area contributed by atoms with E-state index in [1.807, 2.05) is 13.8 Å². The van der Waals surface area contributed by atoms with E-state index in [1.165, 1.54) is 38.1 Å². The fourth-order valence-electron chi connectivity index (χ4n) is 10.9. The molecule has 33 nitrogen and oxygen atoms in total. The minimum Gasteiger partial charge on any atom is -0.481 e. The van der Waals surface area contributed by atoms with Gasteiger partial charge in [0.05, 0.1) is 30.3 Å². The van der Waals surface area contributed by atoms with Gasteiger partial charge < -0.3 is 86.0 Å². The second kappa shape index (κ2) is 40.9. The van der Waals surface area contributed by atoms with Gasteiger partial charge in [0, 0.05) is 36.9 Å². The summed E-state index contributed by atoms with van der Waals surface area (Å²) in [7, 11) is 0. The number of imide groups is 1. The molecule has 1 aromatic heterocycles. The summed E-state index contributed by atoms with van der Waals surface area (Å²) in [5, 5.41) is 43.6. The summed E-state index contributed by atoms with van der Waals surface area (Å²) in [4.78, 5) is 214. The maximum atomic E-state index is 15.9. The molecule has 12 amide bonds. The van der Waals surface area contributed by atoms with Gasteiger partial charge in [-0.05, 0) is 87.3 Å². The first-order chi connectivity index (χ1) is 46.8. The summed E-state index contributed by atoms with van der Waals surface area (Å²) >= 11 is 1.31. The van der Waals surface area contributed by atoms with Crippen LogP contribution < -0.4 is 70.8 Å². The molecule has 0 saturated carbocycles. The van der Waals surface area contributed by atoms with Crippen LogP contribution in [0.4, 0.5) is 0 Å². The third kappa shape index (κ3) is 26.1. The summed E-state index contributed by atoms with van der Waals surface area (Å²) in [5.74, 6) is -18.7. The van der Waals surface area contributed by atoms with Gasteiger partial charge in [0.1, 0.15) is 66.5 Å². The van der Waals surface area contributed by atoms with Crippen LogP contribution in [0.1, 0.15) is 144 Å². The third-order valence-corrected chi connectivity index (χ3v) is 18.2. The van der Waals surface area contributed by atoms with Crippen molar-refractivity contribution in [3.05, 3.63) is 54.1 Å². The lowest BCUT2D eigenvalue weighted by atomic mass is 9.96. The number of aliphatic imine (C=N–C) groups is 1. The van der Waals surface area contributed by atoms with Gasteiger partial charge in [-0.2, -0.15) is 0 Å². The Balaban J connectivity index is 1.97. The SMILES string of the molecule is CC[C@H](C)[C@H](N)C1=N[C@H](C(=O)N[C@@H](CC(C)C)C(=O)N[C@H](CCC(=O)O)C(=O)N[C@H](C(=O)N2C(=O)[C@H](CC(N)=O)NC(=O)[C@@H](CC(=O)O)NC(=O)[C@H](Cc3cnc[nH]3)NC(=O)[C@@H](Cc3ccccc3)NC(=O)[C@H]([C@@H](C)CC)NC(=O)[C@@H](CCCN)NC(=O)[C@@H]2CCCCN)C(C)C)CS1. The molecule has 0 unspecified atom stereocenters. The fraction of sp³-hybridized carbons (Fsp3) is 0.631. The number of carbonyl (C=O) groups is 14. The molecule has 0 spiro atoms. The molecule has 34 heteroatoms. The van der Waals surface area contributed by atoms with E-state index in [0.29, 0.717) is 15.5 Å². The molecule has 0 radical (unpaired) electrons. The monoisotopic (exact) mass is 1410 g/mol. The highest BCUT2D eigenvalue weighted by molar-refractivity contribution is 8.14. The van der Waals surface area contributed by atoms with Gasteiger partial charge in [0.25, 0.3) is 11.8 Å². The second-order valence-corrected chi connectivity index (χ2v) is 26.9. The molecule has 2 aliphatic heterocycles. The number of aromatic amines is 1. The number of carboxylic acid groups (broad SMARTS) is 2. The number of aromatic nitrogens is 2. The number of unbranched alkanes of at least 4 members (excludes halogenated alkanes) is 1. The van der Waals surface area contributed by atoms with Gasteiger partial charge in [-0.15, -0.1) is 11.8 Å². The Labute approximate surface area is 579 Å². The number of thioether (sulfide) groups is 1. The number of hydrogen-bond acceptors (Lipinski definition) is 20. The first-order valence-electron chi connectivity index (χ1n) is 33.5. The predicted octanol–water partition coefficient (Wildman–Crippen LogP) is -1.99. The number of imidazole rings is 1. The lowest BCUT2D eigenvalue weighted by molar-refractivity contribution is -0.157. The van der Waals surface area contributed by atoms with Crippen LogP contribution in [0.2, 0.25) is 0 Å². The normalized spacial score (nSPS) is 22.7. The molecule has 20 N–H and O–H groups in total. The molecule has 1 fully saturated rings. The number of nitrogens with one attached hydrogen (secondary N) is 10. The highest BCUT2D eigenvalue weighted by atomic mass is 32.2. The minimum absolute atomic E-state index is 0.0125. The van der Waals surface area contributed by atoms with Crippen LogP contribution in [0.15, 0.2) is 47.8 Å². The zero-order valence-corrected chi connectivity index (χ0v) is 58.3. The Morgan fingerprint density at radius 1 is 0.667 bits per heavy atom. The fourth-order valence-corrected chi connectivity index (χ4v) is 12.1. The number of benzene rings is 1. The van der Waals surface area contributed by atoms with Crippen molar-refractivity contribution in [1.82, 2.24) is 62.7 Å². The van der Waals surface area contributed by atoms with Gasteiger partial charge in [-0.25, -0.2) is 4.98 Å². The van der Waals surface area contributed by atoms with E-state index in [0.717, 1.165) is 6.42 Å². The number of H-pyrrole nitrogens is 1. The zero-order valence-electron chi connectivity index (χ0n) is 57.5. The largest absolute Gasteiger partial charge is 0.481 e. The summed E-state index contributed by atoms with van der Waals surface area (Å²) < 4.78 is 0. The van der Waals surface area contributed by atoms with E-state index < -0.39 is 206 Å². The van der Waals surface area contributed by atoms with Crippen molar-refractivity contribution in [3.63, 3.8) is 0 Å². The standard InChI is InChI=1S/C65H101N17O16S/c1-9-35(7)51(69)63-79-46(31-99-63)60(94)74-41(25-33(3)4)56(90)72-40(21-22-49(84)85)55(89)80-52(34(5)6)65(98)82-47(20-14-15-23-66)61(95)73-39(19-16-24-67)54(88)81-53(36(8)10-2)62(96)77-42(26-37-17-12-11-13-18-37)57(91)75-43(27-38-30-70-32-71-38)58(92)76-44(29-50(86)87)59(93)78-45(64(82)97)28-48(68)83/h11-13,17-18,30,32-36,39-47,51-53H,9-10,14-16,19-29,31,66-67,69H2,1-8H3,(H2,68,83)(H,70,71)(H,72,90)(H,73,95)(H,74,94)(H,75,91)(H,76,92)(H,77,96)(H,78,93)(H,80,89)(H,81,88)(H,84,85)(H,86,87)/t35-,36-,39+,40+,41-,42+,43-,44+,45-,46-,47-,51-,52-,53-/m0/s1. The molecule has 2 aliphatic rings. The van der Waals surface area contributed by atoms with E-state index >= 15 is 14.4 Å². The average molecular weight is 1410 g/mol. The number of primary amides is 1. The van der Waals surface area contributed by atoms with Crippen molar-refractivity contribution in [3.8, 4) is 0 Å². The van der Waals surface area contributed by atoms with Crippen molar-refractivity contribution in [2.45, 2.75) is 218 Å². The minimum atomic E-state index is -2.33. The molecule has 1 saturated heterocycles. The Morgan fingerprint density at radius 2 is 1.26 bits per heavy atom. The summed E-state index contributed by atoms with van der Waals surface area (Å²) in [6.45, 7) is 13.5. The van der Waals surface area contributed by atoms with Gasteiger partial charge in [-0.3, -0.25) is 77.0 Å². The maximum absolute atomic E-state index is 15.9. The van der Waals surface area contributed by atoms with Crippen LogP contribution in [-0.4, -0.2) is 204 Å². The third-order valence-electron chi connectivity index (χ3n) is 17.1. The number of nitrogens with zero attached hydrogens (tertiary/aromatic N) is 3. The van der Waals surface area contributed by atoms with Crippen LogP contribution >= 0.6 is 11.8 Å². The lowest BCUT2D eigenvalue weighted by Gasteiger charge is -2.37. The molecule has 548 valence electrons. The zero-order chi connectivity index (χ0) is 73.8. The topological polar surface area (TPSA) is 536 Å². The number of hydrogen-bond donors (Lipinski definition) is 16. The smallest absolute Gasteiger partial charge is 0.305 e. The summed E-state index contributed by atoms with van der Waals surface area (Å²) in [5.41, 5.74) is 24.8. The maximum Gasteiger partial charge on any atom is 0.305 e. The Morgan fingerprint density at radius 3 is 1.84 bits per heavy atom. The van der Waals surface area contributed by atoms with Crippen molar-refractivity contribution in [2.24, 2.45) is 51.6 Å². The second-order valence-electron chi connectivity index (χ2n) is 25.8. The molecule has 1 aromatic carbocycles. The van der Waals surface area contributed by atoms with E-state index in [-0.39, 0.29) is 81.3 Å². The van der Waals surface area contributed by atoms with E-state index in [1.54, 1.807) is 58.0 Å². The van der Waals surface area contributed by atoms with E-state index in [9.17, 15) is 63.0 Å². The van der Waals surface area contributed by atoms with Crippen molar-refractivity contribution in [1.29, 1.82) is 0 Å². The molecule has 14 atom stereocenters. The van der Waals surface area contributed by atoms with Gasteiger partial charge in [0.2, 0.25) is 59.1 Å². The van der Waals surface area contributed by atoms with E-state index in [2.05, 4.69) is 62.8 Å². The number of carboxylic acids is 2. The van der Waals surface area contributed by atoms with Gasteiger partial charge in [-0.1, -0.05) is 98.6 Å². The first-order valence-corrected chi connectivity index (χ1v) is 34.5. The molecule has 2 aromatic rings. The number of rotatable bonds is 33. The summed E-state index contributed by atoms with van der Waals surface area (Å²) in [6.07, 6.45) is -1.38. The van der Waals surface area contributed by atoms with Crippen LogP contribution in [0.25, 0.3) is 0 Å². The molecular formula is C65H101N17O16S. The number of amides is 12. The Hall–Kier alpha value is -8.89. The number of nitrogens with two attached hydrogens (primary N) is 4. The highest BCUT2D eigenvalue weighted by Gasteiger charge is 2.46. The number of carbonyl (C=O) groups excluding carboxylic acids is 12. The Kier molecular flexibility index (Phi) is 34.1. The van der Waals surface area contributed by atoms with E-state index in [4.69, 9.17) is 22.9 Å². The molecule has 0 aliphatic carbocycles. The molecule has 99 heavy (non-hydrogen) atoms. The van der Waals surface area contributed by atoms with Gasteiger partial charge in [0.15, 0.2) is 0 Å².